The topological polar surface area (TPSA) is 81.7 Å². The van der Waals surface area contributed by atoms with Gasteiger partial charge in [0.15, 0.2) is 0 Å². The van der Waals surface area contributed by atoms with Crippen molar-refractivity contribution in [3.8, 4) is 0 Å². The van der Waals surface area contributed by atoms with Crippen molar-refractivity contribution >= 4 is 23.6 Å². The molecule has 1 aliphatic rings. The minimum Gasteiger partial charge on any atom is -0.371 e. The molecule has 3 rings (SSSR count). The molecule has 6 heteroatoms. The number of anilines is 1. The van der Waals surface area contributed by atoms with E-state index >= 15 is 0 Å². The number of hydrogen-bond acceptors (Lipinski definition) is 4. The van der Waals surface area contributed by atoms with Crippen molar-refractivity contribution in [2.24, 2.45) is 0 Å². The van der Waals surface area contributed by atoms with Crippen LogP contribution < -0.4 is 15.7 Å². The van der Waals surface area contributed by atoms with Crippen LogP contribution in [0.2, 0.25) is 0 Å². The van der Waals surface area contributed by atoms with Crippen LogP contribution in [-0.2, 0) is 4.79 Å². The number of rotatable bonds is 5. The van der Waals surface area contributed by atoms with Gasteiger partial charge in [-0.1, -0.05) is 35.9 Å². The highest BCUT2D eigenvalue weighted by Crippen LogP contribution is 2.25. The number of piperidine rings is 1. The fraction of sp³-hybridized carbons (Fsp3) is 0.273. The number of hydrogen-bond donors (Lipinski definition) is 3. The van der Waals surface area contributed by atoms with E-state index in [1.54, 1.807) is 11.6 Å². The minimum absolute atomic E-state index is 0.0273. The third kappa shape index (κ3) is 4.98. The average molecular weight is 379 g/mol. The molecular formula is C22H25N3O3. The van der Waals surface area contributed by atoms with Crippen molar-refractivity contribution in [3.63, 3.8) is 0 Å². The van der Waals surface area contributed by atoms with Crippen LogP contribution in [0.4, 0.5) is 5.69 Å². The van der Waals surface area contributed by atoms with Gasteiger partial charge in [-0.3, -0.25) is 14.8 Å². The molecule has 1 heterocycles. The lowest BCUT2D eigenvalue weighted by molar-refractivity contribution is -0.124. The second-order valence-electron chi connectivity index (χ2n) is 6.97. The summed E-state index contributed by atoms with van der Waals surface area (Å²) in [5.41, 5.74) is 5.31. The first-order valence-corrected chi connectivity index (χ1v) is 9.40. The number of nitrogens with one attached hydrogen (secondary N) is 2. The summed E-state index contributed by atoms with van der Waals surface area (Å²) < 4.78 is 0. The molecule has 1 aliphatic heterocycles. The summed E-state index contributed by atoms with van der Waals surface area (Å²) in [5.74, 6) is -0.590. The molecule has 0 radical (unpaired) electrons. The Bertz CT molecular complexity index is 871. The van der Waals surface area contributed by atoms with Gasteiger partial charge in [-0.05, 0) is 49.6 Å². The third-order valence-electron chi connectivity index (χ3n) is 4.91. The van der Waals surface area contributed by atoms with Crippen molar-refractivity contribution < 1.29 is 14.8 Å². The standard InChI is InChI=1S/C22H25N3O3/c1-16-5-4-7-18(15-16)22(27)23-19-11-13-25(14-12-19)20-8-3-2-6-17(20)9-10-21(26)24-28/h2-10,15,19,28H,11-14H2,1H3,(H,23,27)(H,24,26). The molecule has 1 saturated heterocycles. The van der Waals surface area contributed by atoms with E-state index in [9.17, 15) is 9.59 Å². The van der Waals surface area contributed by atoms with Gasteiger partial charge in [0, 0.05) is 36.5 Å². The molecule has 6 nitrogen and oxygen atoms in total. The maximum Gasteiger partial charge on any atom is 0.267 e. The number of aryl methyl sites for hydroxylation is 1. The summed E-state index contributed by atoms with van der Waals surface area (Å²) in [6, 6.07) is 15.6. The molecule has 1 fully saturated rings. The van der Waals surface area contributed by atoms with Crippen molar-refractivity contribution in [1.82, 2.24) is 10.8 Å². The Hall–Kier alpha value is -3.12. The van der Waals surface area contributed by atoms with Crippen LogP contribution in [0, 0.1) is 6.92 Å². The number of para-hydroxylation sites is 1. The molecule has 2 aromatic carbocycles. The van der Waals surface area contributed by atoms with Crippen molar-refractivity contribution in [2.75, 3.05) is 18.0 Å². The van der Waals surface area contributed by atoms with E-state index in [0.29, 0.717) is 5.56 Å². The lowest BCUT2D eigenvalue weighted by Crippen LogP contribution is -2.44. The molecule has 2 aromatic rings. The number of carbonyl (C=O) groups is 2. The molecule has 146 valence electrons. The highest BCUT2D eigenvalue weighted by molar-refractivity contribution is 5.94. The smallest absolute Gasteiger partial charge is 0.267 e. The van der Waals surface area contributed by atoms with Gasteiger partial charge < -0.3 is 10.2 Å². The SMILES string of the molecule is Cc1cccc(C(=O)NC2CCN(c3ccccc3C=CC(=O)NO)CC2)c1. The number of nitrogens with zero attached hydrogens (tertiary/aromatic N) is 1. The van der Waals surface area contributed by atoms with E-state index < -0.39 is 5.91 Å². The summed E-state index contributed by atoms with van der Waals surface area (Å²) in [5, 5.41) is 11.8. The lowest BCUT2D eigenvalue weighted by atomic mass is 10.0. The molecule has 0 spiro atoms. The van der Waals surface area contributed by atoms with Gasteiger partial charge in [0.05, 0.1) is 0 Å². The molecule has 28 heavy (non-hydrogen) atoms. The number of carbonyl (C=O) groups excluding carboxylic acids is 2. The van der Waals surface area contributed by atoms with E-state index in [0.717, 1.165) is 42.7 Å². The minimum atomic E-state index is -0.563. The van der Waals surface area contributed by atoms with Gasteiger partial charge in [-0.15, -0.1) is 0 Å². The summed E-state index contributed by atoms with van der Waals surface area (Å²) in [6.45, 7) is 3.61. The zero-order valence-electron chi connectivity index (χ0n) is 15.9. The lowest BCUT2D eigenvalue weighted by Gasteiger charge is -2.34. The monoisotopic (exact) mass is 379 g/mol. The zero-order valence-corrected chi connectivity index (χ0v) is 15.9. The van der Waals surface area contributed by atoms with Crippen LogP contribution in [0.25, 0.3) is 6.08 Å². The Morgan fingerprint density at radius 1 is 1.11 bits per heavy atom. The van der Waals surface area contributed by atoms with E-state index in [1.165, 1.54) is 6.08 Å². The molecule has 0 aliphatic carbocycles. The van der Waals surface area contributed by atoms with Gasteiger partial charge >= 0.3 is 0 Å². The van der Waals surface area contributed by atoms with Crippen molar-refractivity contribution in [3.05, 3.63) is 71.3 Å². The Balaban J connectivity index is 1.61. The number of hydroxylamine groups is 1. The first-order valence-electron chi connectivity index (χ1n) is 9.40. The summed E-state index contributed by atoms with van der Waals surface area (Å²) in [6.07, 6.45) is 4.69. The Kier molecular flexibility index (Phi) is 6.45. The van der Waals surface area contributed by atoms with Crippen molar-refractivity contribution in [1.29, 1.82) is 0 Å². The van der Waals surface area contributed by atoms with Gasteiger partial charge in [-0.2, -0.15) is 0 Å². The first kappa shape index (κ1) is 19.6. The predicted molar refractivity (Wildman–Crippen MR) is 109 cm³/mol. The molecular weight excluding hydrogens is 354 g/mol. The quantitative estimate of drug-likeness (QED) is 0.424. The van der Waals surface area contributed by atoms with Crippen LogP contribution in [0.15, 0.2) is 54.6 Å². The average Bonchev–Trinajstić information content (AvgIpc) is 2.73. The van der Waals surface area contributed by atoms with Crippen LogP contribution in [0.3, 0.4) is 0 Å². The molecule has 0 atom stereocenters. The summed E-state index contributed by atoms with van der Waals surface area (Å²) >= 11 is 0. The normalized spacial score (nSPS) is 14.9. The largest absolute Gasteiger partial charge is 0.371 e. The fourth-order valence-corrected chi connectivity index (χ4v) is 3.44. The molecule has 0 unspecified atom stereocenters. The maximum absolute atomic E-state index is 12.5. The van der Waals surface area contributed by atoms with Gasteiger partial charge in [0.25, 0.3) is 11.8 Å². The molecule has 0 aromatic heterocycles. The number of benzene rings is 2. The Labute approximate surface area is 164 Å². The fourth-order valence-electron chi connectivity index (χ4n) is 3.44. The number of amides is 2. The molecule has 0 saturated carbocycles. The highest BCUT2D eigenvalue weighted by Gasteiger charge is 2.22. The predicted octanol–water partition coefficient (Wildman–Crippen LogP) is 2.91. The first-order chi connectivity index (χ1) is 13.6. The zero-order chi connectivity index (χ0) is 19.9. The highest BCUT2D eigenvalue weighted by atomic mass is 16.5. The second kappa shape index (κ2) is 9.19. The summed E-state index contributed by atoms with van der Waals surface area (Å²) in [4.78, 5) is 26.0. The van der Waals surface area contributed by atoms with E-state index in [1.807, 2.05) is 55.5 Å². The Morgan fingerprint density at radius 3 is 2.57 bits per heavy atom. The second-order valence-corrected chi connectivity index (χ2v) is 6.97. The van der Waals surface area contributed by atoms with E-state index in [4.69, 9.17) is 5.21 Å². The van der Waals surface area contributed by atoms with Gasteiger partial charge in [0.1, 0.15) is 0 Å². The van der Waals surface area contributed by atoms with Crippen LogP contribution in [0.5, 0.6) is 0 Å². The third-order valence-corrected chi connectivity index (χ3v) is 4.91. The van der Waals surface area contributed by atoms with Gasteiger partial charge in [0.2, 0.25) is 0 Å². The van der Waals surface area contributed by atoms with E-state index in [2.05, 4.69) is 10.2 Å². The summed E-state index contributed by atoms with van der Waals surface area (Å²) in [7, 11) is 0. The molecule has 3 N–H and O–H groups in total. The van der Waals surface area contributed by atoms with Crippen LogP contribution in [0.1, 0.15) is 34.3 Å². The molecule has 0 bridgehead atoms. The maximum atomic E-state index is 12.5. The van der Waals surface area contributed by atoms with Gasteiger partial charge in [-0.25, -0.2) is 5.48 Å². The molecule has 2 amide bonds. The van der Waals surface area contributed by atoms with E-state index in [-0.39, 0.29) is 11.9 Å². The van der Waals surface area contributed by atoms with Crippen molar-refractivity contribution in [2.45, 2.75) is 25.8 Å². The van der Waals surface area contributed by atoms with Crippen LogP contribution in [-0.4, -0.2) is 36.2 Å². The Morgan fingerprint density at radius 2 is 1.86 bits per heavy atom. The van der Waals surface area contributed by atoms with Crippen LogP contribution >= 0.6 is 0 Å².